The molecule has 2 atom stereocenters. The lowest BCUT2D eigenvalue weighted by molar-refractivity contribution is -0.121. The lowest BCUT2D eigenvalue weighted by Crippen LogP contribution is -2.41. The Morgan fingerprint density at radius 1 is 1.50 bits per heavy atom. The van der Waals surface area contributed by atoms with E-state index >= 15 is 0 Å². The van der Waals surface area contributed by atoms with E-state index in [9.17, 15) is 9.90 Å². The molecule has 0 spiro atoms. The molecule has 22 heavy (non-hydrogen) atoms. The molecule has 1 amide bonds. The molecule has 5 nitrogen and oxygen atoms in total. The van der Waals surface area contributed by atoms with Crippen molar-refractivity contribution in [1.82, 2.24) is 10.6 Å². The maximum atomic E-state index is 11.9. The fourth-order valence-corrected chi connectivity index (χ4v) is 3.15. The summed E-state index contributed by atoms with van der Waals surface area (Å²) < 4.78 is 5.07. The molecule has 0 saturated carbocycles. The standard InChI is InChI=1S/C15H22N2O3S.ClH/c1-20-13-4-2-11(3-5-13)14(18)9-17-15(19)8-12-10-21-7-6-16-12;/h2-5,12,14,16,18H,6-10H2,1H3,(H,17,19);1H. The fraction of sp³-hybridized carbons (Fsp3) is 0.533. The minimum atomic E-state index is -0.700. The minimum absolute atomic E-state index is 0. The molecular weight excluding hydrogens is 324 g/mol. The molecule has 0 aromatic heterocycles. The predicted octanol–water partition coefficient (Wildman–Crippen LogP) is 1.36. The molecule has 0 bridgehead atoms. The van der Waals surface area contributed by atoms with Crippen molar-refractivity contribution in [3.05, 3.63) is 29.8 Å². The number of ether oxygens (including phenoxy) is 1. The van der Waals surface area contributed by atoms with Gasteiger partial charge in [-0.1, -0.05) is 12.1 Å². The molecule has 1 aliphatic rings. The number of hydrogen-bond donors (Lipinski definition) is 3. The summed E-state index contributed by atoms with van der Waals surface area (Å²) in [6.45, 7) is 1.18. The van der Waals surface area contributed by atoms with Crippen molar-refractivity contribution in [2.75, 3.05) is 31.7 Å². The second-order valence-electron chi connectivity index (χ2n) is 5.02. The smallest absolute Gasteiger partial charge is 0.221 e. The highest BCUT2D eigenvalue weighted by Gasteiger charge is 2.17. The lowest BCUT2D eigenvalue weighted by atomic mass is 10.1. The van der Waals surface area contributed by atoms with Gasteiger partial charge in [0, 0.05) is 37.1 Å². The first kappa shape index (κ1) is 19.1. The zero-order valence-corrected chi connectivity index (χ0v) is 14.2. The van der Waals surface area contributed by atoms with Crippen molar-refractivity contribution in [3.63, 3.8) is 0 Å². The molecule has 124 valence electrons. The van der Waals surface area contributed by atoms with Gasteiger partial charge in [-0.2, -0.15) is 11.8 Å². The maximum Gasteiger partial charge on any atom is 0.221 e. The van der Waals surface area contributed by atoms with Gasteiger partial charge in [-0.05, 0) is 17.7 Å². The maximum absolute atomic E-state index is 11.9. The molecular formula is C15H23ClN2O3S. The second-order valence-corrected chi connectivity index (χ2v) is 6.17. The van der Waals surface area contributed by atoms with Gasteiger partial charge < -0.3 is 20.5 Å². The summed E-state index contributed by atoms with van der Waals surface area (Å²) in [5, 5.41) is 16.2. The molecule has 2 unspecified atom stereocenters. The van der Waals surface area contributed by atoms with E-state index in [2.05, 4.69) is 10.6 Å². The molecule has 1 aromatic rings. The van der Waals surface area contributed by atoms with Gasteiger partial charge in [-0.25, -0.2) is 0 Å². The molecule has 1 aromatic carbocycles. The number of rotatable bonds is 6. The lowest BCUT2D eigenvalue weighted by Gasteiger charge is -2.22. The van der Waals surface area contributed by atoms with Crippen LogP contribution in [-0.2, 0) is 4.79 Å². The Balaban J connectivity index is 0.00000242. The quantitative estimate of drug-likeness (QED) is 0.725. The summed E-state index contributed by atoms with van der Waals surface area (Å²) in [5.74, 6) is 2.79. The van der Waals surface area contributed by atoms with Gasteiger partial charge in [-0.15, -0.1) is 12.4 Å². The zero-order chi connectivity index (χ0) is 15.1. The molecule has 7 heteroatoms. The van der Waals surface area contributed by atoms with Crippen molar-refractivity contribution in [2.45, 2.75) is 18.6 Å². The Morgan fingerprint density at radius 2 is 2.23 bits per heavy atom. The summed E-state index contributed by atoms with van der Waals surface area (Å²) in [5.41, 5.74) is 0.766. The summed E-state index contributed by atoms with van der Waals surface area (Å²) in [6, 6.07) is 7.43. The fourth-order valence-electron chi connectivity index (χ4n) is 2.20. The second kappa shape index (κ2) is 9.94. The summed E-state index contributed by atoms with van der Waals surface area (Å²) in [7, 11) is 1.60. The topological polar surface area (TPSA) is 70.6 Å². The van der Waals surface area contributed by atoms with Crippen LogP contribution in [0.1, 0.15) is 18.1 Å². The van der Waals surface area contributed by atoms with E-state index in [1.54, 1.807) is 31.4 Å². The first-order valence-corrected chi connectivity index (χ1v) is 8.24. The van der Waals surface area contributed by atoms with E-state index in [1.165, 1.54) is 0 Å². The Hall–Kier alpha value is -0.950. The highest BCUT2D eigenvalue weighted by Crippen LogP contribution is 2.17. The van der Waals surface area contributed by atoms with Gasteiger partial charge in [0.15, 0.2) is 0 Å². The molecule has 1 saturated heterocycles. The highest BCUT2D eigenvalue weighted by atomic mass is 35.5. The number of amides is 1. The van der Waals surface area contributed by atoms with Gasteiger partial charge >= 0.3 is 0 Å². The Labute approximate surface area is 141 Å². The Bertz CT molecular complexity index is 453. The first-order valence-electron chi connectivity index (χ1n) is 7.09. The SMILES string of the molecule is COc1ccc(C(O)CNC(=O)CC2CSCCN2)cc1.Cl. The van der Waals surface area contributed by atoms with Crippen LogP contribution in [0.5, 0.6) is 5.75 Å². The van der Waals surface area contributed by atoms with E-state index in [4.69, 9.17) is 4.74 Å². The number of carbonyl (C=O) groups excluding carboxylic acids is 1. The monoisotopic (exact) mass is 346 g/mol. The van der Waals surface area contributed by atoms with E-state index < -0.39 is 6.10 Å². The van der Waals surface area contributed by atoms with Crippen LogP contribution in [0.15, 0.2) is 24.3 Å². The highest BCUT2D eigenvalue weighted by molar-refractivity contribution is 7.99. The normalized spacial score (nSPS) is 18.9. The number of aliphatic hydroxyl groups is 1. The average Bonchev–Trinajstić information content (AvgIpc) is 2.53. The Morgan fingerprint density at radius 3 is 2.82 bits per heavy atom. The van der Waals surface area contributed by atoms with Gasteiger partial charge in [0.2, 0.25) is 5.91 Å². The number of methoxy groups -OCH3 is 1. The van der Waals surface area contributed by atoms with Gasteiger partial charge in [0.05, 0.1) is 13.2 Å². The van der Waals surface area contributed by atoms with E-state index in [0.29, 0.717) is 6.42 Å². The van der Waals surface area contributed by atoms with Crippen molar-refractivity contribution in [3.8, 4) is 5.75 Å². The molecule has 0 aliphatic carbocycles. The third-order valence-electron chi connectivity index (χ3n) is 3.42. The molecule has 2 rings (SSSR count). The number of aliphatic hydroxyl groups excluding tert-OH is 1. The van der Waals surface area contributed by atoms with E-state index in [1.807, 2.05) is 11.8 Å². The van der Waals surface area contributed by atoms with Gasteiger partial charge in [0.25, 0.3) is 0 Å². The summed E-state index contributed by atoms with van der Waals surface area (Å²) in [4.78, 5) is 11.9. The van der Waals surface area contributed by atoms with Crippen molar-refractivity contribution < 1.29 is 14.6 Å². The molecule has 1 fully saturated rings. The van der Waals surface area contributed by atoms with Crippen molar-refractivity contribution >= 4 is 30.1 Å². The molecule has 1 aliphatic heterocycles. The van der Waals surface area contributed by atoms with Gasteiger partial charge in [0.1, 0.15) is 5.75 Å². The van der Waals surface area contributed by atoms with E-state index in [-0.39, 0.29) is 30.9 Å². The first-order chi connectivity index (χ1) is 10.2. The van der Waals surface area contributed by atoms with Crippen LogP contribution in [0.2, 0.25) is 0 Å². The number of halogens is 1. The third kappa shape index (κ3) is 6.04. The number of thioether (sulfide) groups is 1. The minimum Gasteiger partial charge on any atom is -0.497 e. The molecule has 3 N–H and O–H groups in total. The zero-order valence-electron chi connectivity index (χ0n) is 12.6. The van der Waals surface area contributed by atoms with Crippen LogP contribution in [-0.4, -0.2) is 48.8 Å². The van der Waals surface area contributed by atoms with Crippen molar-refractivity contribution in [1.29, 1.82) is 0 Å². The van der Waals surface area contributed by atoms with Gasteiger partial charge in [-0.3, -0.25) is 4.79 Å². The van der Waals surface area contributed by atoms with Crippen molar-refractivity contribution in [2.24, 2.45) is 0 Å². The van der Waals surface area contributed by atoms with Crippen LogP contribution in [0, 0.1) is 0 Å². The number of hydrogen-bond acceptors (Lipinski definition) is 5. The van der Waals surface area contributed by atoms with Crippen LogP contribution in [0.3, 0.4) is 0 Å². The van der Waals surface area contributed by atoms with Crippen LogP contribution >= 0.6 is 24.2 Å². The van der Waals surface area contributed by atoms with Crippen LogP contribution < -0.4 is 15.4 Å². The molecule has 1 heterocycles. The summed E-state index contributed by atoms with van der Waals surface area (Å²) in [6.07, 6.45) is -0.240. The third-order valence-corrected chi connectivity index (χ3v) is 4.55. The number of benzene rings is 1. The number of carbonyl (C=O) groups is 1. The van der Waals surface area contributed by atoms with Crippen LogP contribution in [0.4, 0.5) is 0 Å². The predicted molar refractivity (Wildman–Crippen MR) is 91.9 cm³/mol. The largest absolute Gasteiger partial charge is 0.497 e. The van der Waals surface area contributed by atoms with E-state index in [0.717, 1.165) is 29.4 Å². The van der Waals surface area contributed by atoms with Crippen LogP contribution in [0.25, 0.3) is 0 Å². The number of nitrogens with one attached hydrogen (secondary N) is 2. The molecule has 0 radical (unpaired) electrons. The Kier molecular flexibility index (Phi) is 8.63. The average molecular weight is 347 g/mol. The summed E-state index contributed by atoms with van der Waals surface area (Å²) >= 11 is 1.87.